The number of rotatable bonds is 8. The lowest BCUT2D eigenvalue weighted by atomic mass is 10.2. The van der Waals surface area contributed by atoms with Crippen molar-refractivity contribution in [2.24, 2.45) is 0 Å². The van der Waals surface area contributed by atoms with E-state index in [2.05, 4.69) is 31.4 Å². The molecule has 1 heterocycles. The van der Waals surface area contributed by atoms with Gasteiger partial charge < -0.3 is 10.2 Å². The zero-order valence-corrected chi connectivity index (χ0v) is 18.4. The lowest BCUT2D eigenvalue weighted by molar-refractivity contribution is -0.116. The first-order valence-corrected chi connectivity index (χ1v) is 10.9. The van der Waals surface area contributed by atoms with Gasteiger partial charge in [-0.15, -0.1) is 10.2 Å². The number of halogens is 1. The number of hydrogen-bond donors (Lipinski definition) is 1. The average molecular weight is 473 g/mol. The standard InChI is InChI=1S/C21H21BrN4O2S/c1-2-12-26(20(28)16-9-6-10-17(22)14-16)13-11-18(27)23-21-25-24-19(29-21)15-7-4-3-5-8-15/h3-10,14H,2,11-13H2,1H3,(H,23,25,27). The maximum absolute atomic E-state index is 12.8. The minimum atomic E-state index is -0.191. The molecule has 1 N–H and O–H groups in total. The van der Waals surface area contributed by atoms with Crippen molar-refractivity contribution in [2.45, 2.75) is 19.8 Å². The van der Waals surface area contributed by atoms with E-state index in [0.29, 0.717) is 23.8 Å². The Morgan fingerprint density at radius 3 is 2.59 bits per heavy atom. The number of aromatic nitrogens is 2. The maximum atomic E-state index is 12.8. The van der Waals surface area contributed by atoms with Crippen LogP contribution < -0.4 is 5.32 Å². The molecule has 2 amide bonds. The minimum absolute atomic E-state index is 0.0803. The van der Waals surface area contributed by atoms with Gasteiger partial charge in [-0.05, 0) is 24.6 Å². The Morgan fingerprint density at radius 2 is 1.86 bits per heavy atom. The topological polar surface area (TPSA) is 75.2 Å². The van der Waals surface area contributed by atoms with Crippen molar-refractivity contribution < 1.29 is 9.59 Å². The molecule has 0 atom stereocenters. The Bertz CT molecular complexity index is 978. The number of nitrogens with one attached hydrogen (secondary N) is 1. The summed E-state index contributed by atoms with van der Waals surface area (Å²) < 4.78 is 0.850. The lowest BCUT2D eigenvalue weighted by Gasteiger charge is -2.22. The van der Waals surface area contributed by atoms with Crippen LogP contribution in [0.5, 0.6) is 0 Å². The van der Waals surface area contributed by atoms with Gasteiger partial charge >= 0.3 is 0 Å². The van der Waals surface area contributed by atoms with Gasteiger partial charge in [0.15, 0.2) is 0 Å². The van der Waals surface area contributed by atoms with Crippen LogP contribution in [0.3, 0.4) is 0 Å². The van der Waals surface area contributed by atoms with Crippen LogP contribution in [0, 0.1) is 0 Å². The number of benzene rings is 2. The average Bonchev–Trinajstić information content (AvgIpc) is 3.19. The van der Waals surface area contributed by atoms with Gasteiger partial charge in [-0.1, -0.05) is 70.6 Å². The predicted octanol–water partition coefficient (Wildman–Crippen LogP) is 4.85. The Hall–Kier alpha value is -2.58. The fraction of sp³-hybridized carbons (Fsp3) is 0.238. The van der Waals surface area contributed by atoms with Crippen LogP contribution in [0.2, 0.25) is 0 Å². The highest BCUT2D eigenvalue weighted by Crippen LogP contribution is 2.26. The molecular formula is C21H21BrN4O2S. The number of anilines is 1. The van der Waals surface area contributed by atoms with Crippen molar-refractivity contribution >= 4 is 44.2 Å². The summed E-state index contributed by atoms with van der Waals surface area (Å²) in [5.74, 6) is -0.271. The van der Waals surface area contributed by atoms with E-state index in [1.165, 1.54) is 11.3 Å². The van der Waals surface area contributed by atoms with E-state index in [1.54, 1.807) is 17.0 Å². The van der Waals surface area contributed by atoms with Crippen LogP contribution >= 0.6 is 27.3 Å². The first-order valence-electron chi connectivity index (χ1n) is 9.30. The van der Waals surface area contributed by atoms with Gasteiger partial charge in [-0.3, -0.25) is 9.59 Å². The van der Waals surface area contributed by atoms with Crippen molar-refractivity contribution in [3.63, 3.8) is 0 Å². The highest BCUT2D eigenvalue weighted by molar-refractivity contribution is 9.10. The van der Waals surface area contributed by atoms with Gasteiger partial charge in [0, 0.05) is 35.1 Å². The number of amides is 2. The highest BCUT2D eigenvalue weighted by atomic mass is 79.9. The van der Waals surface area contributed by atoms with Crippen molar-refractivity contribution in [3.8, 4) is 10.6 Å². The van der Waals surface area contributed by atoms with E-state index in [4.69, 9.17) is 0 Å². The van der Waals surface area contributed by atoms with Crippen molar-refractivity contribution in [3.05, 3.63) is 64.6 Å². The highest BCUT2D eigenvalue weighted by Gasteiger charge is 2.17. The van der Waals surface area contributed by atoms with E-state index in [0.717, 1.165) is 21.5 Å². The summed E-state index contributed by atoms with van der Waals surface area (Å²) >= 11 is 4.71. The van der Waals surface area contributed by atoms with Crippen LogP contribution in [0.4, 0.5) is 5.13 Å². The van der Waals surface area contributed by atoms with E-state index in [1.807, 2.05) is 49.4 Å². The molecule has 0 unspecified atom stereocenters. The Morgan fingerprint density at radius 1 is 1.07 bits per heavy atom. The molecule has 1 aromatic heterocycles. The fourth-order valence-corrected chi connectivity index (χ4v) is 3.94. The van der Waals surface area contributed by atoms with Crippen LogP contribution in [0.15, 0.2) is 59.1 Å². The molecule has 6 nitrogen and oxygen atoms in total. The van der Waals surface area contributed by atoms with Crippen LogP contribution in [-0.2, 0) is 4.79 Å². The smallest absolute Gasteiger partial charge is 0.253 e. The molecule has 8 heteroatoms. The largest absolute Gasteiger partial charge is 0.338 e. The molecule has 3 rings (SSSR count). The third-order valence-electron chi connectivity index (χ3n) is 4.15. The summed E-state index contributed by atoms with van der Waals surface area (Å²) in [6, 6.07) is 17.0. The summed E-state index contributed by atoms with van der Waals surface area (Å²) in [4.78, 5) is 26.8. The zero-order valence-electron chi connectivity index (χ0n) is 16.0. The fourth-order valence-electron chi connectivity index (χ4n) is 2.78. The monoisotopic (exact) mass is 472 g/mol. The van der Waals surface area contributed by atoms with Crippen molar-refractivity contribution in [1.82, 2.24) is 15.1 Å². The molecule has 0 fully saturated rings. The van der Waals surface area contributed by atoms with Crippen molar-refractivity contribution in [1.29, 1.82) is 0 Å². The number of carbonyl (C=O) groups excluding carboxylic acids is 2. The van der Waals surface area contributed by atoms with E-state index in [9.17, 15) is 9.59 Å². The van der Waals surface area contributed by atoms with Gasteiger partial charge in [0.1, 0.15) is 5.01 Å². The Balaban J connectivity index is 1.58. The molecule has 0 saturated heterocycles. The molecule has 3 aromatic rings. The molecule has 0 saturated carbocycles. The molecular weight excluding hydrogens is 452 g/mol. The summed E-state index contributed by atoms with van der Waals surface area (Å²) in [5, 5.41) is 12.1. The summed E-state index contributed by atoms with van der Waals surface area (Å²) in [6.45, 7) is 2.94. The molecule has 0 aliphatic rings. The lowest BCUT2D eigenvalue weighted by Crippen LogP contribution is -2.34. The zero-order chi connectivity index (χ0) is 20.6. The first kappa shape index (κ1) is 21.1. The molecule has 0 radical (unpaired) electrons. The first-order chi connectivity index (χ1) is 14.1. The summed E-state index contributed by atoms with van der Waals surface area (Å²) in [6.07, 6.45) is 1.01. The molecule has 29 heavy (non-hydrogen) atoms. The molecule has 0 bridgehead atoms. The Kier molecular flexibility index (Phi) is 7.48. The van der Waals surface area contributed by atoms with Gasteiger partial charge in [0.25, 0.3) is 5.91 Å². The van der Waals surface area contributed by atoms with Gasteiger partial charge in [-0.25, -0.2) is 0 Å². The molecule has 0 aliphatic carbocycles. The van der Waals surface area contributed by atoms with Gasteiger partial charge in [-0.2, -0.15) is 0 Å². The van der Waals surface area contributed by atoms with E-state index in [-0.39, 0.29) is 18.2 Å². The SMILES string of the molecule is CCCN(CCC(=O)Nc1nnc(-c2ccccc2)s1)C(=O)c1cccc(Br)c1. The predicted molar refractivity (Wildman–Crippen MR) is 119 cm³/mol. The van der Waals surface area contributed by atoms with Gasteiger partial charge in [0.05, 0.1) is 0 Å². The second kappa shape index (κ2) is 10.3. The molecule has 0 spiro atoms. The second-order valence-electron chi connectivity index (χ2n) is 6.38. The van der Waals surface area contributed by atoms with E-state index >= 15 is 0 Å². The second-order valence-corrected chi connectivity index (χ2v) is 8.27. The minimum Gasteiger partial charge on any atom is -0.338 e. The third kappa shape index (κ3) is 5.95. The normalized spacial score (nSPS) is 10.6. The van der Waals surface area contributed by atoms with Crippen LogP contribution in [0.1, 0.15) is 30.1 Å². The number of hydrogen-bond acceptors (Lipinski definition) is 5. The molecule has 2 aromatic carbocycles. The number of nitrogens with zero attached hydrogens (tertiary/aromatic N) is 3. The number of carbonyl (C=O) groups is 2. The maximum Gasteiger partial charge on any atom is 0.253 e. The summed E-state index contributed by atoms with van der Waals surface area (Å²) in [7, 11) is 0. The van der Waals surface area contributed by atoms with Gasteiger partial charge in [0.2, 0.25) is 11.0 Å². The Labute approximate surface area is 182 Å². The summed E-state index contributed by atoms with van der Waals surface area (Å²) in [5.41, 5.74) is 1.56. The quantitative estimate of drug-likeness (QED) is 0.508. The van der Waals surface area contributed by atoms with Crippen LogP contribution in [-0.4, -0.2) is 40.0 Å². The molecule has 150 valence electrons. The van der Waals surface area contributed by atoms with Crippen molar-refractivity contribution in [2.75, 3.05) is 18.4 Å². The molecule has 0 aliphatic heterocycles. The third-order valence-corrected chi connectivity index (χ3v) is 5.53. The van der Waals surface area contributed by atoms with E-state index < -0.39 is 0 Å². The van der Waals surface area contributed by atoms with Crippen LogP contribution in [0.25, 0.3) is 10.6 Å².